The molecule has 6 heteroatoms. The van der Waals surface area contributed by atoms with Crippen LogP contribution in [0.3, 0.4) is 0 Å². The highest BCUT2D eigenvalue weighted by atomic mass is 32.2. The molecule has 2 unspecified atom stereocenters. The molecular weight excluding hydrogens is 324 g/mol. The third-order valence-corrected chi connectivity index (χ3v) is 6.16. The van der Waals surface area contributed by atoms with Crippen molar-refractivity contribution in [2.24, 2.45) is 5.73 Å². The smallest absolute Gasteiger partial charge is 0.241 e. The van der Waals surface area contributed by atoms with Gasteiger partial charge in [-0.15, -0.1) is 0 Å². The first kappa shape index (κ1) is 16.7. The van der Waals surface area contributed by atoms with Gasteiger partial charge in [-0.05, 0) is 30.5 Å². The molecule has 2 aromatic rings. The number of hydrogen-bond acceptors (Lipinski definition) is 4. The zero-order chi connectivity index (χ0) is 17.3. The number of sulfone groups is 1. The quantitative estimate of drug-likeness (QED) is 0.891. The summed E-state index contributed by atoms with van der Waals surface area (Å²) >= 11 is 0. The van der Waals surface area contributed by atoms with Crippen LogP contribution in [0.5, 0.6) is 0 Å². The number of carbonyl (C=O) groups is 1. The zero-order valence-electron chi connectivity index (χ0n) is 13.4. The van der Waals surface area contributed by atoms with Crippen LogP contribution in [-0.4, -0.2) is 20.1 Å². The van der Waals surface area contributed by atoms with Gasteiger partial charge in [-0.25, -0.2) is 8.42 Å². The Morgan fingerprint density at radius 2 is 1.83 bits per heavy atom. The van der Waals surface area contributed by atoms with Gasteiger partial charge in [-0.1, -0.05) is 48.0 Å². The van der Waals surface area contributed by atoms with Crippen LogP contribution in [0.15, 0.2) is 53.4 Å². The van der Waals surface area contributed by atoms with Gasteiger partial charge < -0.3 is 11.1 Å². The zero-order valence-corrected chi connectivity index (χ0v) is 14.2. The SMILES string of the molecule is Cc1ccc(C(N)C(=O)NC2CCS(=O)(=O)c3ccccc32)cc1. The molecule has 0 spiro atoms. The number of rotatable bonds is 3. The minimum absolute atomic E-state index is 0.0225. The Kier molecular flexibility index (Phi) is 4.43. The molecule has 126 valence electrons. The summed E-state index contributed by atoms with van der Waals surface area (Å²) in [6, 6.07) is 13.2. The molecule has 0 saturated carbocycles. The number of fused-ring (bicyclic) bond motifs is 1. The van der Waals surface area contributed by atoms with E-state index in [0.717, 1.165) is 11.1 Å². The first-order valence-electron chi connectivity index (χ1n) is 7.83. The molecule has 0 fully saturated rings. The molecule has 3 rings (SSSR count). The maximum atomic E-state index is 12.5. The molecule has 0 aliphatic carbocycles. The van der Waals surface area contributed by atoms with E-state index in [1.807, 2.05) is 31.2 Å². The summed E-state index contributed by atoms with van der Waals surface area (Å²) in [5.74, 6) is -0.285. The van der Waals surface area contributed by atoms with E-state index >= 15 is 0 Å². The number of carbonyl (C=O) groups excluding carboxylic acids is 1. The Hall–Kier alpha value is -2.18. The van der Waals surface area contributed by atoms with Crippen molar-refractivity contribution in [2.75, 3.05) is 5.75 Å². The van der Waals surface area contributed by atoms with Crippen LogP contribution in [0.25, 0.3) is 0 Å². The average Bonchev–Trinajstić information content (AvgIpc) is 2.58. The fourth-order valence-electron chi connectivity index (χ4n) is 2.93. The summed E-state index contributed by atoms with van der Waals surface area (Å²) in [6.07, 6.45) is 0.353. The summed E-state index contributed by atoms with van der Waals surface area (Å²) in [4.78, 5) is 12.8. The van der Waals surface area contributed by atoms with E-state index in [4.69, 9.17) is 5.73 Å². The van der Waals surface area contributed by atoms with Crippen LogP contribution in [-0.2, 0) is 14.6 Å². The molecule has 0 bridgehead atoms. The number of benzene rings is 2. The maximum absolute atomic E-state index is 12.5. The molecule has 1 aliphatic rings. The van der Waals surface area contributed by atoms with Crippen LogP contribution < -0.4 is 11.1 Å². The minimum Gasteiger partial charge on any atom is -0.348 e. The van der Waals surface area contributed by atoms with E-state index < -0.39 is 15.9 Å². The molecule has 1 aliphatic heterocycles. The molecule has 1 amide bonds. The van der Waals surface area contributed by atoms with Gasteiger partial charge in [0.2, 0.25) is 5.91 Å². The Labute approximate surface area is 141 Å². The summed E-state index contributed by atoms with van der Waals surface area (Å²) < 4.78 is 24.3. The molecule has 2 aromatic carbocycles. The molecule has 24 heavy (non-hydrogen) atoms. The number of nitrogens with two attached hydrogens (primary N) is 1. The second-order valence-corrected chi connectivity index (χ2v) is 8.17. The van der Waals surface area contributed by atoms with Gasteiger partial charge >= 0.3 is 0 Å². The molecule has 2 atom stereocenters. The lowest BCUT2D eigenvalue weighted by molar-refractivity contribution is -0.123. The van der Waals surface area contributed by atoms with Crippen molar-refractivity contribution in [3.05, 3.63) is 65.2 Å². The van der Waals surface area contributed by atoms with Crippen molar-refractivity contribution in [1.82, 2.24) is 5.32 Å². The van der Waals surface area contributed by atoms with E-state index in [0.29, 0.717) is 16.9 Å². The monoisotopic (exact) mass is 344 g/mol. The van der Waals surface area contributed by atoms with E-state index in [1.54, 1.807) is 24.3 Å². The van der Waals surface area contributed by atoms with E-state index in [2.05, 4.69) is 5.32 Å². The highest BCUT2D eigenvalue weighted by Crippen LogP contribution is 2.32. The van der Waals surface area contributed by atoms with Crippen molar-refractivity contribution >= 4 is 15.7 Å². The first-order valence-corrected chi connectivity index (χ1v) is 9.48. The standard InChI is InChI=1S/C18H20N2O3S/c1-12-6-8-13(9-7-12)17(19)18(21)20-15-10-11-24(22,23)16-5-3-2-4-14(15)16/h2-9,15,17H,10-11,19H2,1H3,(H,20,21). The van der Waals surface area contributed by atoms with Crippen molar-refractivity contribution in [3.8, 4) is 0 Å². The number of aryl methyl sites for hydroxylation is 1. The Morgan fingerprint density at radius 1 is 1.17 bits per heavy atom. The summed E-state index contributed by atoms with van der Waals surface area (Å²) in [7, 11) is -3.27. The van der Waals surface area contributed by atoms with E-state index in [9.17, 15) is 13.2 Å². The highest BCUT2D eigenvalue weighted by Gasteiger charge is 2.31. The second-order valence-electron chi connectivity index (χ2n) is 6.09. The van der Waals surface area contributed by atoms with Gasteiger partial charge in [-0.2, -0.15) is 0 Å². The van der Waals surface area contributed by atoms with E-state index in [-0.39, 0.29) is 17.7 Å². The molecule has 3 N–H and O–H groups in total. The summed E-state index contributed by atoms with van der Waals surface area (Å²) in [6.45, 7) is 1.97. The summed E-state index contributed by atoms with van der Waals surface area (Å²) in [5, 5.41) is 2.90. The molecule has 5 nitrogen and oxygen atoms in total. The highest BCUT2D eigenvalue weighted by molar-refractivity contribution is 7.91. The number of nitrogens with one attached hydrogen (secondary N) is 1. The third kappa shape index (κ3) is 3.20. The van der Waals surface area contributed by atoms with Crippen LogP contribution in [0.1, 0.15) is 35.2 Å². The molecule has 1 heterocycles. The van der Waals surface area contributed by atoms with Gasteiger partial charge in [0.1, 0.15) is 6.04 Å². The fraction of sp³-hybridized carbons (Fsp3) is 0.278. The van der Waals surface area contributed by atoms with Crippen LogP contribution in [0.4, 0.5) is 0 Å². The molecular formula is C18H20N2O3S. The Morgan fingerprint density at radius 3 is 2.54 bits per heavy atom. The Balaban J connectivity index is 1.81. The lowest BCUT2D eigenvalue weighted by Crippen LogP contribution is -2.39. The van der Waals surface area contributed by atoms with Crippen LogP contribution in [0.2, 0.25) is 0 Å². The Bertz CT molecular complexity index is 860. The van der Waals surface area contributed by atoms with Gasteiger partial charge in [0, 0.05) is 0 Å². The second kappa shape index (κ2) is 6.37. The van der Waals surface area contributed by atoms with Gasteiger partial charge in [0.25, 0.3) is 0 Å². The molecule has 0 radical (unpaired) electrons. The normalized spacial score (nSPS) is 20.0. The molecule has 0 saturated heterocycles. The third-order valence-electron chi connectivity index (χ3n) is 4.34. The van der Waals surface area contributed by atoms with E-state index in [1.165, 1.54) is 0 Å². The van der Waals surface area contributed by atoms with Gasteiger partial charge in [0.15, 0.2) is 9.84 Å². The topological polar surface area (TPSA) is 89.3 Å². The summed E-state index contributed by atoms with van der Waals surface area (Å²) in [5.41, 5.74) is 8.51. The van der Waals surface area contributed by atoms with Crippen molar-refractivity contribution in [2.45, 2.75) is 30.3 Å². The number of amides is 1. The largest absolute Gasteiger partial charge is 0.348 e. The maximum Gasteiger partial charge on any atom is 0.241 e. The fourth-order valence-corrected chi connectivity index (χ4v) is 4.55. The predicted molar refractivity (Wildman–Crippen MR) is 92.1 cm³/mol. The van der Waals surface area contributed by atoms with Crippen LogP contribution in [0, 0.1) is 6.92 Å². The lowest BCUT2D eigenvalue weighted by Gasteiger charge is -2.27. The molecule has 0 aromatic heterocycles. The minimum atomic E-state index is -3.27. The predicted octanol–water partition coefficient (Wildman–Crippen LogP) is 2.03. The number of hydrogen-bond donors (Lipinski definition) is 2. The average molecular weight is 344 g/mol. The van der Waals surface area contributed by atoms with Crippen molar-refractivity contribution < 1.29 is 13.2 Å². The van der Waals surface area contributed by atoms with Gasteiger partial charge in [0.05, 0.1) is 16.7 Å². The van der Waals surface area contributed by atoms with Gasteiger partial charge in [-0.3, -0.25) is 4.79 Å². The van der Waals surface area contributed by atoms with Crippen LogP contribution >= 0.6 is 0 Å². The van der Waals surface area contributed by atoms with Crippen molar-refractivity contribution in [1.29, 1.82) is 0 Å². The first-order chi connectivity index (χ1) is 11.4. The lowest BCUT2D eigenvalue weighted by atomic mass is 10.0. The van der Waals surface area contributed by atoms with Crippen molar-refractivity contribution in [3.63, 3.8) is 0 Å².